The lowest BCUT2D eigenvalue weighted by Gasteiger charge is -2.35. The van der Waals surface area contributed by atoms with Crippen LogP contribution in [0.5, 0.6) is 0 Å². The van der Waals surface area contributed by atoms with Crippen LogP contribution in [0.15, 0.2) is 33.7 Å². The number of H-pyrrole nitrogens is 1. The summed E-state index contributed by atoms with van der Waals surface area (Å²) in [5.74, 6) is -3.57. The largest absolute Gasteiger partial charge is 0.456 e. The zero-order valence-corrected chi connectivity index (χ0v) is 29.7. The Morgan fingerprint density at radius 3 is 2.46 bits per heavy atom. The molecular formula is C34H51N5O13. The van der Waals surface area contributed by atoms with Gasteiger partial charge >= 0.3 is 11.7 Å². The number of hydrogen-bond donors (Lipinski definition) is 6. The fourth-order valence-corrected chi connectivity index (χ4v) is 6.47. The second kappa shape index (κ2) is 19.1. The Morgan fingerprint density at radius 2 is 1.79 bits per heavy atom. The summed E-state index contributed by atoms with van der Waals surface area (Å²) in [4.78, 5) is 78.5. The van der Waals surface area contributed by atoms with Crippen molar-refractivity contribution < 1.29 is 53.1 Å². The number of hydrogen-bond acceptors (Lipinski definition) is 13. The molecule has 0 aromatic carbocycles. The maximum Gasteiger partial charge on any atom is 0.330 e. The van der Waals surface area contributed by atoms with Gasteiger partial charge in [-0.25, -0.2) is 4.79 Å². The molecule has 18 heteroatoms. The van der Waals surface area contributed by atoms with Gasteiger partial charge in [0.25, 0.3) is 11.5 Å². The van der Waals surface area contributed by atoms with Crippen LogP contribution in [-0.2, 0) is 42.9 Å². The number of nitrogens with two attached hydrogens (primary N) is 1. The Kier molecular flexibility index (Phi) is 14.9. The van der Waals surface area contributed by atoms with E-state index < -0.39 is 95.9 Å². The molecule has 3 aliphatic rings. The van der Waals surface area contributed by atoms with Crippen LogP contribution in [0.4, 0.5) is 0 Å². The van der Waals surface area contributed by atoms with E-state index in [4.69, 9.17) is 29.4 Å². The Balaban J connectivity index is 1.52. The van der Waals surface area contributed by atoms with Gasteiger partial charge in [-0.15, -0.1) is 0 Å². The Bertz CT molecular complexity index is 1550. The lowest BCUT2D eigenvalue weighted by molar-refractivity contribution is -0.241. The maximum atomic E-state index is 13.2. The van der Waals surface area contributed by atoms with Crippen molar-refractivity contribution in [3.8, 4) is 0 Å². The smallest absolute Gasteiger partial charge is 0.330 e. The topological polar surface area (TPSA) is 260 Å². The predicted molar refractivity (Wildman–Crippen MR) is 181 cm³/mol. The second-order valence-corrected chi connectivity index (χ2v) is 13.4. The highest BCUT2D eigenvalue weighted by Gasteiger charge is 2.54. The molecule has 1 aromatic rings. The molecule has 4 heterocycles. The molecule has 3 amide bonds. The molecule has 290 valence electrons. The molecule has 3 aliphatic heterocycles. The van der Waals surface area contributed by atoms with Crippen LogP contribution in [-0.4, -0.2) is 106 Å². The van der Waals surface area contributed by atoms with Crippen molar-refractivity contribution in [2.75, 3.05) is 7.11 Å². The summed E-state index contributed by atoms with van der Waals surface area (Å²) >= 11 is 0. The molecule has 0 spiro atoms. The van der Waals surface area contributed by atoms with Gasteiger partial charge in [-0.2, -0.15) is 0 Å². The molecule has 7 N–H and O–H groups in total. The Morgan fingerprint density at radius 1 is 1.08 bits per heavy atom. The van der Waals surface area contributed by atoms with Crippen LogP contribution in [0, 0.1) is 0 Å². The van der Waals surface area contributed by atoms with E-state index in [0.717, 1.165) is 67.9 Å². The number of carbonyl (C=O) groups is 4. The number of nitrogens with zero attached hydrogens (tertiary/aromatic N) is 1. The van der Waals surface area contributed by atoms with E-state index in [0.29, 0.717) is 19.3 Å². The van der Waals surface area contributed by atoms with Gasteiger partial charge in [-0.05, 0) is 38.7 Å². The average Bonchev–Trinajstić information content (AvgIpc) is 3.35. The lowest BCUT2D eigenvalue weighted by Crippen LogP contribution is -2.54. The van der Waals surface area contributed by atoms with Gasteiger partial charge in [0.2, 0.25) is 18.1 Å². The number of aromatic amines is 1. The van der Waals surface area contributed by atoms with Crippen molar-refractivity contribution in [1.29, 1.82) is 0 Å². The van der Waals surface area contributed by atoms with Crippen LogP contribution in [0.25, 0.3) is 0 Å². The Hall–Kier alpha value is -4.10. The Labute approximate surface area is 300 Å². The molecule has 10 atom stereocenters. The van der Waals surface area contributed by atoms with Gasteiger partial charge in [0.15, 0.2) is 24.2 Å². The van der Waals surface area contributed by atoms with Crippen molar-refractivity contribution in [3.05, 3.63) is 44.9 Å². The average molecular weight is 738 g/mol. The van der Waals surface area contributed by atoms with Gasteiger partial charge in [0.05, 0.1) is 0 Å². The number of esters is 1. The molecule has 2 fully saturated rings. The number of aliphatic hydroxyl groups excluding tert-OH is 2. The van der Waals surface area contributed by atoms with E-state index >= 15 is 0 Å². The van der Waals surface area contributed by atoms with Crippen LogP contribution < -0.4 is 27.6 Å². The molecule has 0 saturated carbocycles. The highest BCUT2D eigenvalue weighted by molar-refractivity contribution is 5.95. The van der Waals surface area contributed by atoms with Gasteiger partial charge < -0.3 is 50.3 Å². The molecule has 0 radical (unpaired) electrons. The van der Waals surface area contributed by atoms with Crippen molar-refractivity contribution in [2.24, 2.45) is 5.73 Å². The standard InChI is InChI=1S/C34H51N5O13/c1-4-5-6-7-8-9-10-14-23(42)50-28-25(48-3)26(51-32(28)39-16-15-22(41)38-34(39)47)27(29(35)44)52-33-24(43)20(40)17-21(49-33)31(46)37-19-13-11-12-18(2)36-30(19)45/h15-20,24-28,32-33,40,43H,4-14H2,1-3H3,(H2,35,44)(H,36,45)(H,37,46)(H,38,41,47)/t18-,19+,20-,24-,25-,26+,27-,28-,32-,33+/m1/s1. The third-order valence-corrected chi connectivity index (χ3v) is 9.29. The van der Waals surface area contributed by atoms with Gasteiger partial charge in [0, 0.05) is 31.8 Å². The number of ether oxygens (including phenoxy) is 5. The molecule has 0 aliphatic carbocycles. The quantitative estimate of drug-likeness (QED) is 0.0872. The zero-order valence-electron chi connectivity index (χ0n) is 29.7. The fraction of sp³-hybridized carbons (Fsp3) is 0.706. The van der Waals surface area contributed by atoms with E-state index in [1.165, 1.54) is 7.11 Å². The van der Waals surface area contributed by atoms with Crippen LogP contribution >= 0.6 is 0 Å². The third-order valence-electron chi connectivity index (χ3n) is 9.29. The first-order chi connectivity index (χ1) is 24.8. The number of aromatic nitrogens is 2. The molecule has 0 bridgehead atoms. The fourth-order valence-electron chi connectivity index (χ4n) is 6.47. The summed E-state index contributed by atoms with van der Waals surface area (Å²) < 4.78 is 29.8. The lowest BCUT2D eigenvalue weighted by atomic mass is 10.0. The molecular weight excluding hydrogens is 686 g/mol. The van der Waals surface area contributed by atoms with E-state index in [-0.39, 0.29) is 12.5 Å². The van der Waals surface area contributed by atoms with Crippen LogP contribution in [0.3, 0.4) is 0 Å². The highest BCUT2D eigenvalue weighted by Crippen LogP contribution is 2.36. The first kappa shape index (κ1) is 40.7. The SMILES string of the molecule is CCCCCCCCCC(=O)O[C@@H]1[C@H](OC)[C@@H]([C@@H](O[C@@H]2OC(C(=O)N[C@H]3CCC[C@@H](C)NC3=O)=C[C@@H](O)[C@H]2O)C(N)=O)O[C@H]1n1ccc(=O)[nH]c1=O. The number of aliphatic hydroxyl groups is 2. The molecule has 0 unspecified atom stereocenters. The van der Waals surface area contributed by atoms with Crippen molar-refractivity contribution in [2.45, 2.75) is 146 Å². The predicted octanol–water partition coefficient (Wildman–Crippen LogP) is -0.493. The summed E-state index contributed by atoms with van der Waals surface area (Å²) in [6.45, 7) is 3.97. The van der Waals surface area contributed by atoms with E-state index in [1.807, 2.05) is 6.92 Å². The number of amides is 3. The number of methoxy groups -OCH3 is 1. The molecule has 2 saturated heterocycles. The summed E-state index contributed by atoms with van der Waals surface area (Å²) in [7, 11) is 1.24. The molecule has 52 heavy (non-hydrogen) atoms. The van der Waals surface area contributed by atoms with Gasteiger partial charge in [-0.1, -0.05) is 45.4 Å². The van der Waals surface area contributed by atoms with Crippen molar-refractivity contribution >= 4 is 23.7 Å². The zero-order chi connectivity index (χ0) is 37.9. The minimum Gasteiger partial charge on any atom is -0.456 e. The minimum atomic E-state index is -1.88. The van der Waals surface area contributed by atoms with Gasteiger partial charge in [0.1, 0.15) is 30.5 Å². The third kappa shape index (κ3) is 10.5. The summed E-state index contributed by atoms with van der Waals surface area (Å²) in [6, 6.07) is 0.0756. The number of carbonyl (C=O) groups excluding carboxylic acids is 4. The number of primary amides is 1. The summed E-state index contributed by atoms with van der Waals surface area (Å²) in [5.41, 5.74) is 4.12. The number of unbranched alkanes of at least 4 members (excludes halogenated alkanes) is 6. The maximum absolute atomic E-state index is 13.2. The van der Waals surface area contributed by atoms with Crippen LogP contribution in [0.2, 0.25) is 0 Å². The van der Waals surface area contributed by atoms with E-state index in [1.54, 1.807) is 0 Å². The number of rotatable bonds is 17. The highest BCUT2D eigenvalue weighted by atomic mass is 16.7. The molecule has 1 aromatic heterocycles. The van der Waals surface area contributed by atoms with E-state index in [9.17, 15) is 39.0 Å². The van der Waals surface area contributed by atoms with Crippen molar-refractivity contribution in [1.82, 2.24) is 20.2 Å². The van der Waals surface area contributed by atoms with Crippen molar-refractivity contribution in [3.63, 3.8) is 0 Å². The monoisotopic (exact) mass is 737 g/mol. The molecule has 18 nitrogen and oxygen atoms in total. The number of nitrogens with one attached hydrogen (secondary N) is 3. The first-order valence-electron chi connectivity index (χ1n) is 17.8. The second-order valence-electron chi connectivity index (χ2n) is 13.4. The minimum absolute atomic E-state index is 0.0487. The summed E-state index contributed by atoms with van der Waals surface area (Å²) in [6.07, 6.45) is -2.37. The van der Waals surface area contributed by atoms with Crippen LogP contribution in [0.1, 0.15) is 90.7 Å². The van der Waals surface area contributed by atoms with E-state index in [2.05, 4.69) is 22.5 Å². The molecule has 4 rings (SSSR count). The first-order valence-corrected chi connectivity index (χ1v) is 17.8. The summed E-state index contributed by atoms with van der Waals surface area (Å²) in [5, 5.41) is 26.7. The van der Waals surface area contributed by atoms with Gasteiger partial charge in [-0.3, -0.25) is 33.5 Å². The normalized spacial score (nSPS) is 29.6.